The molecule has 0 aliphatic heterocycles. The number of carboxylic acid groups (broad SMARTS) is 1. The molecule has 0 aromatic rings. The van der Waals surface area contributed by atoms with E-state index in [1.807, 2.05) is 0 Å². The standard InChI is InChI=1S/C7H16N4O2/c8-5(6(12)13)3-1-2-4-11-7(9)10/h5H,1-4,8H2,(H,12,13)(H4,9,10,11)/t5-/m1/s1/i1D2,2D2. The number of carbonyl (C=O) groups is 1. The molecule has 0 aliphatic carbocycles. The van der Waals surface area contributed by atoms with Gasteiger partial charge in [-0.25, -0.2) is 0 Å². The Morgan fingerprint density at radius 2 is 2.15 bits per heavy atom. The van der Waals surface area contributed by atoms with E-state index in [1.54, 1.807) is 0 Å². The largest absolute Gasteiger partial charge is 0.480 e. The average molecular weight is 192 g/mol. The SMILES string of the molecule is [2H]C([2H])(CN=C(N)N)C([2H])([2H])C[C@@H](N)C(=O)O. The van der Waals surface area contributed by atoms with Gasteiger partial charge in [0.05, 0.1) is 0 Å². The van der Waals surface area contributed by atoms with Crippen molar-refractivity contribution >= 4 is 11.9 Å². The lowest BCUT2D eigenvalue weighted by atomic mass is 10.1. The minimum absolute atomic E-state index is 0.368. The van der Waals surface area contributed by atoms with E-state index < -0.39 is 37.7 Å². The quantitative estimate of drug-likeness (QED) is 0.312. The Morgan fingerprint density at radius 3 is 2.62 bits per heavy atom. The Balaban J connectivity index is 4.77. The molecule has 0 bridgehead atoms. The molecule has 0 aliphatic rings. The summed E-state index contributed by atoms with van der Waals surface area (Å²) >= 11 is 0. The number of nitrogens with zero attached hydrogens (tertiary/aromatic N) is 1. The maximum Gasteiger partial charge on any atom is 0.320 e. The van der Waals surface area contributed by atoms with Gasteiger partial charge in [0.15, 0.2) is 5.96 Å². The third-order valence-corrected chi connectivity index (χ3v) is 1.10. The number of hydrogen-bond acceptors (Lipinski definition) is 3. The summed E-state index contributed by atoms with van der Waals surface area (Å²) in [6.45, 7) is -0.603. The van der Waals surface area contributed by atoms with Crippen LogP contribution in [0.1, 0.15) is 24.6 Å². The molecule has 76 valence electrons. The fourth-order valence-electron chi connectivity index (χ4n) is 0.456. The van der Waals surface area contributed by atoms with Gasteiger partial charge in [0.1, 0.15) is 6.04 Å². The first-order chi connectivity index (χ1) is 7.49. The van der Waals surface area contributed by atoms with Crippen LogP contribution in [0.2, 0.25) is 0 Å². The van der Waals surface area contributed by atoms with Crippen molar-refractivity contribution in [2.45, 2.75) is 25.2 Å². The fourth-order valence-corrected chi connectivity index (χ4v) is 0.456. The van der Waals surface area contributed by atoms with E-state index in [9.17, 15) is 4.79 Å². The molecule has 6 heteroatoms. The highest BCUT2D eigenvalue weighted by Crippen LogP contribution is 1.99. The van der Waals surface area contributed by atoms with Crippen LogP contribution in [0.3, 0.4) is 0 Å². The predicted molar refractivity (Wildman–Crippen MR) is 50.1 cm³/mol. The average Bonchev–Trinajstić information content (AvgIpc) is 2.13. The molecule has 0 aromatic carbocycles. The summed E-state index contributed by atoms with van der Waals surface area (Å²) in [6, 6.07) is -1.49. The van der Waals surface area contributed by atoms with E-state index >= 15 is 0 Å². The van der Waals surface area contributed by atoms with Crippen LogP contribution in [0.15, 0.2) is 4.99 Å². The molecule has 0 amide bonds. The summed E-state index contributed by atoms with van der Waals surface area (Å²) in [4.78, 5) is 13.9. The second-order valence-corrected chi connectivity index (χ2v) is 2.24. The lowest BCUT2D eigenvalue weighted by Gasteiger charge is -2.04. The molecule has 1 atom stereocenters. The van der Waals surface area contributed by atoms with Crippen LogP contribution in [-0.4, -0.2) is 29.6 Å². The van der Waals surface area contributed by atoms with Gasteiger partial charge in [-0.2, -0.15) is 0 Å². The van der Waals surface area contributed by atoms with Crippen molar-refractivity contribution in [3.63, 3.8) is 0 Å². The van der Waals surface area contributed by atoms with Crippen LogP contribution in [0.25, 0.3) is 0 Å². The molecule has 0 fully saturated rings. The number of nitrogens with two attached hydrogens (primary N) is 3. The molecule has 0 heterocycles. The van der Waals surface area contributed by atoms with Crippen molar-refractivity contribution in [2.24, 2.45) is 22.2 Å². The first kappa shape index (κ1) is 6.20. The predicted octanol–water partition coefficient (Wildman–Crippen LogP) is -1.16. The van der Waals surface area contributed by atoms with Crippen LogP contribution in [0.5, 0.6) is 0 Å². The Morgan fingerprint density at radius 1 is 1.54 bits per heavy atom. The molecule has 0 spiro atoms. The summed E-state index contributed by atoms with van der Waals surface area (Å²) in [6.07, 6.45) is -5.54. The molecule has 0 rings (SSSR count). The van der Waals surface area contributed by atoms with E-state index in [4.69, 9.17) is 27.8 Å². The van der Waals surface area contributed by atoms with Crippen molar-refractivity contribution in [2.75, 3.05) is 6.54 Å². The van der Waals surface area contributed by atoms with Crippen molar-refractivity contribution in [3.05, 3.63) is 0 Å². The molecule has 6 nitrogen and oxygen atoms in total. The monoisotopic (exact) mass is 192 g/mol. The number of aliphatic carboxylic acids is 1. The van der Waals surface area contributed by atoms with E-state index in [-0.39, 0.29) is 5.96 Å². The molecule has 0 saturated carbocycles. The smallest absolute Gasteiger partial charge is 0.320 e. The summed E-state index contributed by atoms with van der Waals surface area (Å²) in [7, 11) is 0. The minimum atomic E-state index is -2.45. The topological polar surface area (TPSA) is 128 Å². The Bertz CT molecular complexity index is 317. The van der Waals surface area contributed by atoms with Gasteiger partial charge in [-0.05, 0) is 19.2 Å². The van der Waals surface area contributed by atoms with Crippen LogP contribution in [0.4, 0.5) is 0 Å². The maximum absolute atomic E-state index is 10.5. The zero-order valence-corrected chi connectivity index (χ0v) is 7.03. The maximum atomic E-state index is 10.5. The number of hydrogen-bond donors (Lipinski definition) is 4. The number of rotatable bonds is 6. The van der Waals surface area contributed by atoms with Gasteiger partial charge in [-0.1, -0.05) is 0 Å². The molecular weight excluding hydrogens is 172 g/mol. The summed E-state index contributed by atoms with van der Waals surface area (Å²) in [5, 5.41) is 8.55. The Hall–Kier alpha value is -1.30. The van der Waals surface area contributed by atoms with Crippen molar-refractivity contribution in [3.8, 4) is 0 Å². The van der Waals surface area contributed by atoms with Gasteiger partial charge in [0.2, 0.25) is 0 Å². The van der Waals surface area contributed by atoms with E-state index in [0.717, 1.165) is 0 Å². The van der Waals surface area contributed by atoms with Gasteiger partial charge in [0, 0.05) is 12.0 Å². The van der Waals surface area contributed by atoms with Crippen LogP contribution < -0.4 is 17.2 Å². The summed E-state index contributed by atoms with van der Waals surface area (Å²) < 4.78 is 30.0. The normalized spacial score (nSPS) is 18.8. The molecular formula is C7H16N4O2. The first-order valence-electron chi connectivity index (χ1n) is 5.53. The molecule has 13 heavy (non-hydrogen) atoms. The van der Waals surface area contributed by atoms with Gasteiger partial charge in [-0.15, -0.1) is 0 Å². The highest BCUT2D eigenvalue weighted by atomic mass is 16.4. The third-order valence-electron chi connectivity index (χ3n) is 1.10. The number of aliphatic imine (C=N–C) groups is 1. The van der Waals surface area contributed by atoms with E-state index in [1.165, 1.54) is 0 Å². The lowest BCUT2D eigenvalue weighted by Crippen LogP contribution is -2.29. The van der Waals surface area contributed by atoms with Crippen molar-refractivity contribution in [1.29, 1.82) is 0 Å². The molecule has 0 radical (unpaired) electrons. The van der Waals surface area contributed by atoms with Gasteiger partial charge in [-0.3, -0.25) is 9.79 Å². The van der Waals surface area contributed by atoms with Crippen LogP contribution in [-0.2, 0) is 4.79 Å². The van der Waals surface area contributed by atoms with E-state index in [0.29, 0.717) is 0 Å². The molecule has 0 aromatic heterocycles. The van der Waals surface area contributed by atoms with Crippen LogP contribution in [0, 0.1) is 0 Å². The minimum Gasteiger partial charge on any atom is -0.480 e. The van der Waals surface area contributed by atoms with Gasteiger partial charge < -0.3 is 22.3 Å². The van der Waals surface area contributed by atoms with Crippen LogP contribution >= 0.6 is 0 Å². The highest BCUT2D eigenvalue weighted by molar-refractivity contribution is 5.75. The molecule has 7 N–H and O–H groups in total. The molecule has 0 saturated heterocycles. The number of guanidine groups is 1. The first-order valence-corrected chi connectivity index (χ1v) is 3.53. The molecule has 0 unspecified atom stereocenters. The highest BCUT2D eigenvalue weighted by Gasteiger charge is 2.09. The zero-order chi connectivity index (χ0) is 13.9. The third kappa shape index (κ3) is 7.07. The lowest BCUT2D eigenvalue weighted by molar-refractivity contribution is -0.138. The zero-order valence-electron chi connectivity index (χ0n) is 11.0. The summed E-state index contributed by atoms with van der Waals surface area (Å²) in [5.41, 5.74) is 15.2. The Labute approximate surface area is 82.4 Å². The van der Waals surface area contributed by atoms with Gasteiger partial charge >= 0.3 is 5.97 Å². The fraction of sp³-hybridized carbons (Fsp3) is 0.714. The van der Waals surface area contributed by atoms with Crippen molar-refractivity contribution in [1.82, 2.24) is 0 Å². The number of carboxylic acids is 1. The van der Waals surface area contributed by atoms with Crippen molar-refractivity contribution < 1.29 is 15.4 Å². The summed E-state index contributed by atoms with van der Waals surface area (Å²) in [5.74, 6) is -1.77. The Kier molecular flexibility index (Phi) is 2.98. The van der Waals surface area contributed by atoms with Gasteiger partial charge in [0.25, 0.3) is 0 Å². The van der Waals surface area contributed by atoms with E-state index in [2.05, 4.69) is 4.99 Å². The second-order valence-electron chi connectivity index (χ2n) is 2.24. The second kappa shape index (κ2) is 6.24.